The number of nitrogen functional groups attached to an aromatic ring is 1. The van der Waals surface area contributed by atoms with Crippen molar-refractivity contribution in [1.82, 2.24) is 14.1 Å². The molecular formula is C10H9N5O2. The Hall–Kier alpha value is -2.62. The van der Waals surface area contributed by atoms with Crippen molar-refractivity contribution in [3.8, 4) is 6.07 Å². The summed E-state index contributed by atoms with van der Waals surface area (Å²) in [5.74, 6) is 0. The minimum atomic E-state index is -0.551. The first-order chi connectivity index (χ1) is 7.99. The molecule has 86 valence electrons. The van der Waals surface area contributed by atoms with Gasteiger partial charge in [0.2, 0.25) is 0 Å². The first-order valence-electron chi connectivity index (χ1n) is 4.73. The number of hydrogen-bond acceptors (Lipinski definition) is 5. The van der Waals surface area contributed by atoms with Gasteiger partial charge >= 0.3 is 5.69 Å². The van der Waals surface area contributed by atoms with Crippen LogP contribution in [0.1, 0.15) is 5.56 Å². The zero-order valence-electron chi connectivity index (χ0n) is 9.26. The van der Waals surface area contributed by atoms with Gasteiger partial charge in [-0.3, -0.25) is 13.9 Å². The fourth-order valence-electron chi connectivity index (χ4n) is 1.64. The molecule has 2 rings (SSSR count). The van der Waals surface area contributed by atoms with Gasteiger partial charge in [-0.25, -0.2) is 9.78 Å². The monoisotopic (exact) mass is 231 g/mol. The van der Waals surface area contributed by atoms with Gasteiger partial charge in [-0.1, -0.05) is 0 Å². The number of nitrogens with zero attached hydrogens (tertiary/aromatic N) is 4. The Kier molecular flexibility index (Phi) is 2.21. The number of anilines is 1. The van der Waals surface area contributed by atoms with Crippen LogP contribution in [0.5, 0.6) is 0 Å². The van der Waals surface area contributed by atoms with Gasteiger partial charge in [-0.2, -0.15) is 5.26 Å². The summed E-state index contributed by atoms with van der Waals surface area (Å²) in [6.45, 7) is 0. The summed E-state index contributed by atoms with van der Waals surface area (Å²) in [6.07, 6.45) is 1.25. The number of nitrogens with two attached hydrogens (primary N) is 1. The summed E-state index contributed by atoms with van der Waals surface area (Å²) < 4.78 is 2.15. The molecule has 0 fully saturated rings. The van der Waals surface area contributed by atoms with Crippen LogP contribution in [0, 0.1) is 11.3 Å². The molecule has 2 heterocycles. The summed E-state index contributed by atoms with van der Waals surface area (Å²) in [6, 6.07) is 1.85. The number of aromatic nitrogens is 3. The number of aryl methyl sites for hydroxylation is 1. The molecule has 7 heteroatoms. The highest BCUT2D eigenvalue weighted by Crippen LogP contribution is 2.17. The maximum atomic E-state index is 11.9. The second-order valence-corrected chi connectivity index (χ2v) is 3.60. The van der Waals surface area contributed by atoms with Gasteiger partial charge in [-0.15, -0.1) is 0 Å². The minimum Gasteiger partial charge on any atom is -0.397 e. The predicted octanol–water partition coefficient (Wildman–Crippen LogP) is -0.914. The van der Waals surface area contributed by atoms with E-state index in [2.05, 4.69) is 4.98 Å². The third-order valence-electron chi connectivity index (χ3n) is 2.63. The molecule has 7 nitrogen and oxygen atoms in total. The van der Waals surface area contributed by atoms with E-state index in [0.29, 0.717) is 0 Å². The van der Waals surface area contributed by atoms with E-state index in [1.165, 1.54) is 24.9 Å². The van der Waals surface area contributed by atoms with E-state index in [0.717, 1.165) is 4.57 Å². The van der Waals surface area contributed by atoms with Crippen LogP contribution >= 0.6 is 0 Å². The Balaban J connectivity index is 3.20. The Bertz CT molecular complexity index is 778. The lowest BCUT2D eigenvalue weighted by molar-refractivity contribution is 0.708. The Morgan fingerprint density at radius 2 is 2.00 bits per heavy atom. The quantitative estimate of drug-likeness (QED) is 0.631. The van der Waals surface area contributed by atoms with E-state index in [-0.39, 0.29) is 22.3 Å². The van der Waals surface area contributed by atoms with Crippen molar-refractivity contribution in [2.24, 2.45) is 14.1 Å². The molecule has 0 saturated heterocycles. The van der Waals surface area contributed by atoms with Gasteiger partial charge in [-0.05, 0) is 0 Å². The summed E-state index contributed by atoms with van der Waals surface area (Å²) >= 11 is 0. The molecule has 0 aliphatic heterocycles. The molecule has 17 heavy (non-hydrogen) atoms. The average Bonchev–Trinajstić information content (AvgIpc) is 2.33. The molecule has 0 aliphatic rings. The topological polar surface area (TPSA) is 107 Å². The normalized spacial score (nSPS) is 10.4. The summed E-state index contributed by atoms with van der Waals surface area (Å²) in [4.78, 5) is 27.5. The van der Waals surface area contributed by atoms with Crippen molar-refractivity contribution in [1.29, 1.82) is 5.26 Å². The Morgan fingerprint density at radius 1 is 1.35 bits per heavy atom. The zero-order valence-corrected chi connectivity index (χ0v) is 9.26. The van der Waals surface area contributed by atoms with E-state index >= 15 is 0 Å². The molecule has 0 bridgehead atoms. The van der Waals surface area contributed by atoms with Gasteiger partial charge in [0.1, 0.15) is 11.5 Å². The van der Waals surface area contributed by atoms with Crippen molar-refractivity contribution in [2.45, 2.75) is 0 Å². The Morgan fingerprint density at radius 3 is 2.59 bits per heavy atom. The van der Waals surface area contributed by atoms with Gasteiger partial charge in [0.25, 0.3) is 5.56 Å². The molecule has 0 aromatic carbocycles. The van der Waals surface area contributed by atoms with E-state index < -0.39 is 11.2 Å². The number of nitriles is 1. The smallest absolute Gasteiger partial charge is 0.332 e. The van der Waals surface area contributed by atoms with Crippen molar-refractivity contribution >= 4 is 16.7 Å². The molecule has 0 spiro atoms. The van der Waals surface area contributed by atoms with Crippen LogP contribution in [0.25, 0.3) is 11.0 Å². The predicted molar refractivity (Wildman–Crippen MR) is 61.4 cm³/mol. The summed E-state index contributed by atoms with van der Waals surface area (Å²) in [5, 5.41) is 8.91. The van der Waals surface area contributed by atoms with Crippen LogP contribution in [-0.2, 0) is 14.1 Å². The maximum absolute atomic E-state index is 11.9. The highest BCUT2D eigenvalue weighted by Gasteiger charge is 2.14. The van der Waals surface area contributed by atoms with Crippen LogP contribution in [0.4, 0.5) is 5.69 Å². The molecule has 0 aliphatic carbocycles. The number of rotatable bonds is 0. The SMILES string of the molecule is Cn1c(=O)c2c(N)c(C#N)cnc2n(C)c1=O. The third-order valence-corrected chi connectivity index (χ3v) is 2.63. The first-order valence-corrected chi connectivity index (χ1v) is 4.73. The van der Waals surface area contributed by atoms with Crippen LogP contribution in [-0.4, -0.2) is 14.1 Å². The van der Waals surface area contributed by atoms with Crippen molar-refractivity contribution in [3.05, 3.63) is 32.6 Å². The molecule has 0 saturated carbocycles. The number of fused-ring (bicyclic) bond motifs is 1. The lowest BCUT2D eigenvalue weighted by Gasteiger charge is -2.08. The maximum Gasteiger partial charge on any atom is 0.332 e. The largest absolute Gasteiger partial charge is 0.397 e. The highest BCUT2D eigenvalue weighted by molar-refractivity contribution is 5.89. The second kappa shape index (κ2) is 3.45. The number of pyridine rings is 1. The zero-order chi connectivity index (χ0) is 12.7. The number of hydrogen-bond donors (Lipinski definition) is 1. The van der Waals surface area contributed by atoms with E-state index in [4.69, 9.17) is 11.0 Å². The van der Waals surface area contributed by atoms with Gasteiger partial charge in [0, 0.05) is 20.3 Å². The molecule has 2 aromatic heterocycles. The third kappa shape index (κ3) is 1.31. The first kappa shape index (κ1) is 10.9. The molecule has 2 aromatic rings. The van der Waals surface area contributed by atoms with Crippen LogP contribution in [0.3, 0.4) is 0 Å². The van der Waals surface area contributed by atoms with Crippen molar-refractivity contribution in [2.75, 3.05) is 5.73 Å². The van der Waals surface area contributed by atoms with E-state index in [1.807, 2.05) is 6.07 Å². The lowest BCUT2D eigenvalue weighted by atomic mass is 10.2. The standard InChI is InChI=1S/C10H9N5O2/c1-14-8-6(9(16)15(2)10(14)17)7(12)5(3-11)4-13-8/h4H,1-2H3,(H2,12,13). The van der Waals surface area contributed by atoms with E-state index in [1.54, 1.807) is 0 Å². The van der Waals surface area contributed by atoms with Crippen LogP contribution in [0.15, 0.2) is 15.8 Å². The molecule has 0 radical (unpaired) electrons. The summed E-state index contributed by atoms with van der Waals surface area (Å²) in [7, 11) is 2.84. The van der Waals surface area contributed by atoms with Gasteiger partial charge in [0.05, 0.1) is 11.3 Å². The molecule has 0 amide bonds. The Labute approximate surface area is 95.3 Å². The van der Waals surface area contributed by atoms with Gasteiger partial charge in [0.15, 0.2) is 5.65 Å². The molecular weight excluding hydrogens is 222 g/mol. The van der Waals surface area contributed by atoms with Crippen molar-refractivity contribution < 1.29 is 0 Å². The fraction of sp³-hybridized carbons (Fsp3) is 0.200. The molecule has 0 unspecified atom stereocenters. The van der Waals surface area contributed by atoms with Crippen molar-refractivity contribution in [3.63, 3.8) is 0 Å². The summed E-state index contributed by atoms with van der Waals surface area (Å²) in [5.41, 5.74) is 5.03. The lowest BCUT2D eigenvalue weighted by Crippen LogP contribution is -2.37. The minimum absolute atomic E-state index is 0.0497. The van der Waals surface area contributed by atoms with Crippen LogP contribution < -0.4 is 17.0 Å². The fourth-order valence-corrected chi connectivity index (χ4v) is 1.64. The highest BCUT2D eigenvalue weighted by atomic mass is 16.2. The second-order valence-electron chi connectivity index (χ2n) is 3.60. The molecule has 2 N–H and O–H groups in total. The molecule has 0 atom stereocenters. The van der Waals surface area contributed by atoms with E-state index in [9.17, 15) is 9.59 Å². The van der Waals surface area contributed by atoms with Crippen LogP contribution in [0.2, 0.25) is 0 Å². The average molecular weight is 231 g/mol. The van der Waals surface area contributed by atoms with Gasteiger partial charge < -0.3 is 5.73 Å².